The van der Waals surface area contributed by atoms with Crippen molar-refractivity contribution < 1.29 is 26.6 Å². The van der Waals surface area contributed by atoms with Gasteiger partial charge >= 0.3 is 10.4 Å². The van der Waals surface area contributed by atoms with Crippen molar-refractivity contribution in [3.8, 4) is 5.75 Å². The molecule has 0 bridgehead atoms. The zero-order chi connectivity index (χ0) is 17.5. The number of benzene rings is 1. The van der Waals surface area contributed by atoms with Gasteiger partial charge in [0.1, 0.15) is 19.0 Å². The summed E-state index contributed by atoms with van der Waals surface area (Å²) in [6.07, 6.45) is 7.62. The molecule has 1 rings (SSSR count). The Kier molecular flexibility index (Phi) is 16.0. The molecule has 0 fully saturated rings. The van der Waals surface area contributed by atoms with Gasteiger partial charge in [0.15, 0.2) is 0 Å². The molecule has 1 aromatic carbocycles. The number of ether oxygens (including phenoxy) is 1. The monoisotopic (exact) mass is 383 g/mol. The largest absolute Gasteiger partial charge is 0.491 e. The SMILES string of the molecule is CCCCCCCCCOS(=O)(=O)OOCCOc1ccccc1.[Na]. The van der Waals surface area contributed by atoms with Crippen LogP contribution in [0.15, 0.2) is 30.3 Å². The van der Waals surface area contributed by atoms with Gasteiger partial charge in [-0.15, -0.1) is 0 Å². The van der Waals surface area contributed by atoms with E-state index >= 15 is 0 Å². The van der Waals surface area contributed by atoms with Crippen molar-refractivity contribution in [1.29, 1.82) is 0 Å². The molecule has 8 heteroatoms. The molecule has 0 heterocycles. The molecule has 0 aliphatic heterocycles. The first-order valence-corrected chi connectivity index (χ1v) is 9.85. The first-order valence-electron chi connectivity index (χ1n) is 8.52. The van der Waals surface area contributed by atoms with Crippen molar-refractivity contribution in [1.82, 2.24) is 0 Å². The third-order valence-electron chi connectivity index (χ3n) is 3.29. The van der Waals surface area contributed by atoms with Crippen molar-refractivity contribution >= 4 is 40.0 Å². The Labute approximate surface area is 173 Å². The molecule has 0 saturated heterocycles. The van der Waals surface area contributed by atoms with E-state index in [9.17, 15) is 8.42 Å². The smallest absolute Gasteiger partial charge is 0.426 e. The second-order valence-corrected chi connectivity index (χ2v) is 6.59. The van der Waals surface area contributed by atoms with E-state index in [0.717, 1.165) is 12.8 Å². The van der Waals surface area contributed by atoms with Gasteiger partial charge in [0, 0.05) is 29.6 Å². The van der Waals surface area contributed by atoms with E-state index in [1.54, 1.807) is 12.1 Å². The third kappa shape index (κ3) is 14.7. The van der Waals surface area contributed by atoms with E-state index in [2.05, 4.69) is 16.1 Å². The molecule has 0 atom stereocenters. The summed E-state index contributed by atoms with van der Waals surface area (Å²) in [6, 6.07) is 9.15. The fourth-order valence-corrected chi connectivity index (χ4v) is 2.59. The van der Waals surface area contributed by atoms with E-state index in [4.69, 9.17) is 8.92 Å². The molecule has 0 N–H and O–H groups in total. The fourth-order valence-electron chi connectivity index (χ4n) is 2.04. The van der Waals surface area contributed by atoms with Gasteiger partial charge in [0.2, 0.25) is 0 Å². The van der Waals surface area contributed by atoms with Gasteiger partial charge in [-0.2, -0.15) is 8.42 Å². The summed E-state index contributed by atoms with van der Waals surface area (Å²) in [7, 11) is -4.11. The quantitative estimate of drug-likeness (QED) is 0.199. The Bertz CT molecular complexity index is 509. The number of hydrogen-bond acceptors (Lipinski definition) is 6. The van der Waals surface area contributed by atoms with Gasteiger partial charge in [-0.1, -0.05) is 68.0 Å². The maximum Gasteiger partial charge on any atom is 0.426 e. The van der Waals surface area contributed by atoms with E-state index < -0.39 is 10.4 Å². The molecular weight excluding hydrogens is 355 g/mol. The van der Waals surface area contributed by atoms with Crippen molar-refractivity contribution in [2.75, 3.05) is 19.8 Å². The third-order valence-corrected chi connectivity index (χ3v) is 4.00. The first kappa shape index (κ1) is 24.8. The molecular formula is C17H28NaO6S. The maximum absolute atomic E-state index is 11.4. The van der Waals surface area contributed by atoms with Gasteiger partial charge in [0.25, 0.3) is 0 Å². The first-order chi connectivity index (χ1) is 11.6. The van der Waals surface area contributed by atoms with Crippen LogP contribution in [0.25, 0.3) is 0 Å². The summed E-state index contributed by atoms with van der Waals surface area (Å²) in [4.78, 5) is 4.60. The van der Waals surface area contributed by atoms with Crippen LogP contribution < -0.4 is 4.74 Å². The predicted octanol–water partition coefficient (Wildman–Crippen LogP) is 3.64. The standard InChI is InChI=1S/C17H28O6S.Na/c1-2-3-4-5-6-7-11-14-22-24(18,19)23-21-16-15-20-17-12-9-8-10-13-17;/h8-10,12-13H,2-7,11,14-16H2,1H3;. The second-order valence-electron chi connectivity index (χ2n) is 5.40. The summed E-state index contributed by atoms with van der Waals surface area (Å²) in [5.74, 6) is 0.680. The van der Waals surface area contributed by atoms with E-state index in [1.165, 1.54) is 25.7 Å². The Morgan fingerprint density at radius 3 is 2.16 bits per heavy atom. The van der Waals surface area contributed by atoms with Gasteiger partial charge < -0.3 is 4.74 Å². The Morgan fingerprint density at radius 2 is 1.48 bits per heavy atom. The average Bonchev–Trinajstić information content (AvgIpc) is 2.58. The molecule has 25 heavy (non-hydrogen) atoms. The number of hydrogen-bond donors (Lipinski definition) is 0. The summed E-state index contributed by atoms with van der Waals surface area (Å²) in [6.45, 7) is 2.45. The van der Waals surface area contributed by atoms with Crippen molar-refractivity contribution in [2.24, 2.45) is 0 Å². The summed E-state index contributed by atoms with van der Waals surface area (Å²) in [5.41, 5.74) is 0. The van der Waals surface area contributed by atoms with E-state index in [1.807, 2.05) is 18.2 Å². The van der Waals surface area contributed by atoms with Crippen LogP contribution in [0.5, 0.6) is 5.75 Å². The maximum atomic E-state index is 11.4. The van der Waals surface area contributed by atoms with Crippen LogP contribution in [0.1, 0.15) is 51.9 Å². The van der Waals surface area contributed by atoms with Crippen molar-refractivity contribution in [3.05, 3.63) is 30.3 Å². The van der Waals surface area contributed by atoms with Gasteiger partial charge in [0.05, 0.1) is 6.61 Å². The van der Waals surface area contributed by atoms with Gasteiger partial charge in [-0.25, -0.2) is 9.07 Å². The second kappa shape index (κ2) is 16.1. The van der Waals surface area contributed by atoms with Crippen LogP contribution >= 0.6 is 0 Å². The molecule has 6 nitrogen and oxygen atoms in total. The zero-order valence-electron chi connectivity index (χ0n) is 15.3. The molecule has 0 aromatic heterocycles. The van der Waals surface area contributed by atoms with Crippen molar-refractivity contribution in [2.45, 2.75) is 51.9 Å². The normalized spacial score (nSPS) is 11.1. The minimum atomic E-state index is -4.11. The van der Waals surface area contributed by atoms with Crippen LogP contribution in [0.4, 0.5) is 0 Å². The molecule has 1 aromatic rings. The van der Waals surface area contributed by atoms with Crippen LogP contribution in [0, 0.1) is 0 Å². The Balaban J connectivity index is 0.00000576. The zero-order valence-corrected chi connectivity index (χ0v) is 18.1. The minimum absolute atomic E-state index is 0. The van der Waals surface area contributed by atoms with Gasteiger partial charge in [-0.3, -0.25) is 0 Å². The molecule has 0 spiro atoms. The molecule has 0 amide bonds. The van der Waals surface area contributed by atoms with Crippen LogP contribution in [0.2, 0.25) is 0 Å². The molecule has 0 aliphatic carbocycles. The Morgan fingerprint density at radius 1 is 0.840 bits per heavy atom. The summed E-state index contributed by atoms with van der Waals surface area (Å²) < 4.78 is 37.2. The average molecular weight is 383 g/mol. The molecule has 0 unspecified atom stereocenters. The number of unbranched alkanes of at least 4 members (excludes halogenated alkanes) is 6. The van der Waals surface area contributed by atoms with Crippen LogP contribution in [-0.2, 0) is 23.8 Å². The van der Waals surface area contributed by atoms with Gasteiger partial charge in [-0.05, 0) is 18.6 Å². The van der Waals surface area contributed by atoms with E-state index in [0.29, 0.717) is 12.2 Å². The van der Waals surface area contributed by atoms with Crippen LogP contribution in [-0.4, -0.2) is 57.8 Å². The number of rotatable bonds is 15. The molecule has 0 aliphatic rings. The topological polar surface area (TPSA) is 71.1 Å². The molecule has 0 saturated carbocycles. The molecule has 139 valence electrons. The Hall–Kier alpha value is -0.150. The number of para-hydroxylation sites is 1. The van der Waals surface area contributed by atoms with Crippen LogP contribution in [0.3, 0.4) is 0 Å². The minimum Gasteiger partial charge on any atom is -0.491 e. The fraction of sp³-hybridized carbons (Fsp3) is 0.647. The van der Waals surface area contributed by atoms with Crippen molar-refractivity contribution in [3.63, 3.8) is 0 Å². The predicted molar refractivity (Wildman–Crippen MR) is 97.6 cm³/mol. The molecule has 1 radical (unpaired) electrons. The summed E-state index contributed by atoms with van der Waals surface area (Å²) >= 11 is 0. The summed E-state index contributed by atoms with van der Waals surface area (Å²) in [5, 5.41) is 0. The van der Waals surface area contributed by atoms with E-state index in [-0.39, 0.29) is 49.4 Å².